The van der Waals surface area contributed by atoms with E-state index < -0.39 is 7.21 Å². The molecule has 3 nitrogen and oxygen atoms in total. The molecule has 172 valence electrons. The summed E-state index contributed by atoms with van der Waals surface area (Å²) >= 11 is 0. The molecule has 1 fully saturated rings. The number of hydrogen-bond donors (Lipinski definition) is 0. The van der Waals surface area contributed by atoms with E-state index in [0.29, 0.717) is 0 Å². The summed E-state index contributed by atoms with van der Waals surface area (Å²) in [5, 5.41) is 4.14. The second-order valence-electron chi connectivity index (χ2n) is 10.3. The number of para-hydroxylation sites is 1. The fourth-order valence-corrected chi connectivity index (χ4v) is 10.0. The van der Waals surface area contributed by atoms with E-state index in [1.165, 1.54) is 45.5 Å². The highest BCUT2D eigenvalue weighted by molar-refractivity contribution is 7.73. The maximum atomic E-state index is 5.70. The van der Waals surface area contributed by atoms with Gasteiger partial charge in [-0.05, 0) is 63.1 Å². The van der Waals surface area contributed by atoms with Crippen LogP contribution in [0.5, 0.6) is 0 Å². The smallest absolute Gasteiger partial charge is 0.0720 e. The van der Waals surface area contributed by atoms with E-state index in [0.717, 1.165) is 25.3 Å². The van der Waals surface area contributed by atoms with E-state index in [1.807, 2.05) is 0 Å². The number of aryl methyl sites for hydroxylation is 2. The average molecular weight is 458 g/mol. The molecule has 0 spiro atoms. The molecule has 4 aromatic rings. The highest BCUT2D eigenvalue weighted by atomic mass is 31.2. The molecule has 2 heterocycles. The van der Waals surface area contributed by atoms with Crippen LogP contribution in [0.1, 0.15) is 46.1 Å². The summed E-state index contributed by atoms with van der Waals surface area (Å²) in [4.78, 5) is 0. The zero-order valence-electron chi connectivity index (χ0n) is 20.7. The van der Waals surface area contributed by atoms with Gasteiger partial charge in [0.25, 0.3) is 0 Å². The Labute approximate surface area is 198 Å². The SMILES string of the molecule is CCn1c2ccccc2c2cc([P@](=Nc3ccc(C)cc3)(N3CCCC3)C(C)(C)C)ccc21. The Hall–Kier alpha value is -2.35. The quantitative estimate of drug-likeness (QED) is 0.284. The third-order valence-electron chi connectivity index (χ3n) is 7.15. The van der Waals surface area contributed by atoms with Gasteiger partial charge in [0, 0.05) is 51.9 Å². The van der Waals surface area contributed by atoms with E-state index in [1.54, 1.807) is 0 Å². The van der Waals surface area contributed by atoms with Gasteiger partial charge in [0.15, 0.2) is 0 Å². The topological polar surface area (TPSA) is 20.5 Å². The summed E-state index contributed by atoms with van der Waals surface area (Å²) in [5.41, 5.74) is 5.03. The van der Waals surface area contributed by atoms with Gasteiger partial charge >= 0.3 is 0 Å². The Morgan fingerprint density at radius 3 is 2.18 bits per heavy atom. The number of benzene rings is 3. The monoisotopic (exact) mass is 457 g/mol. The van der Waals surface area contributed by atoms with Crippen molar-refractivity contribution in [3.05, 3.63) is 72.3 Å². The van der Waals surface area contributed by atoms with Crippen molar-refractivity contribution in [3.63, 3.8) is 0 Å². The van der Waals surface area contributed by atoms with Crippen molar-refractivity contribution in [1.29, 1.82) is 0 Å². The first-order valence-corrected chi connectivity index (χ1v) is 14.0. The van der Waals surface area contributed by atoms with Gasteiger partial charge in [-0.25, -0.2) is 4.74 Å². The largest absolute Gasteiger partial charge is 0.341 e. The number of rotatable bonds is 4. The first kappa shape index (κ1) is 22.4. The molecule has 1 saturated heterocycles. The number of nitrogens with zero attached hydrogens (tertiary/aromatic N) is 3. The molecule has 0 saturated carbocycles. The second-order valence-corrected chi connectivity index (χ2v) is 14.2. The summed E-state index contributed by atoms with van der Waals surface area (Å²) in [7, 11) is -2.05. The Kier molecular flexibility index (Phi) is 5.75. The lowest BCUT2D eigenvalue weighted by Crippen LogP contribution is -2.35. The molecule has 5 rings (SSSR count). The Bertz CT molecular complexity index is 1350. The van der Waals surface area contributed by atoms with Crippen LogP contribution >= 0.6 is 7.21 Å². The lowest BCUT2D eigenvalue weighted by atomic mass is 10.1. The van der Waals surface area contributed by atoms with Gasteiger partial charge in [-0.1, -0.05) is 56.7 Å². The van der Waals surface area contributed by atoms with Gasteiger partial charge < -0.3 is 4.57 Å². The van der Waals surface area contributed by atoms with Gasteiger partial charge in [-0.2, -0.15) is 0 Å². The van der Waals surface area contributed by atoms with Crippen LogP contribution < -0.4 is 5.30 Å². The minimum atomic E-state index is -2.05. The number of aromatic nitrogens is 1. The van der Waals surface area contributed by atoms with Gasteiger partial charge in [-0.15, -0.1) is 0 Å². The van der Waals surface area contributed by atoms with E-state index in [-0.39, 0.29) is 5.16 Å². The second kappa shape index (κ2) is 8.46. The molecule has 0 N–H and O–H groups in total. The standard InChI is InChI=1S/C29H36N3P/c1-6-32-27-12-8-7-11-25(27)26-21-24(17-18-28(26)32)33(29(3,4)5,31-19-9-10-20-31)30-23-15-13-22(2)14-16-23/h7-8,11-18,21H,6,9-10,19-20H2,1-5H3/t33-/m0/s1. The number of hydrogen-bond acceptors (Lipinski definition) is 1. The zero-order valence-corrected chi connectivity index (χ0v) is 21.6. The van der Waals surface area contributed by atoms with Crippen molar-refractivity contribution >= 4 is 40.0 Å². The molecular formula is C29H36N3P. The zero-order chi connectivity index (χ0) is 23.2. The summed E-state index contributed by atoms with van der Waals surface area (Å²) in [6.07, 6.45) is 2.53. The maximum absolute atomic E-state index is 5.70. The van der Waals surface area contributed by atoms with Crippen molar-refractivity contribution in [2.24, 2.45) is 4.74 Å². The molecule has 0 aliphatic carbocycles. The van der Waals surface area contributed by atoms with E-state index >= 15 is 0 Å². The highest BCUT2D eigenvalue weighted by Gasteiger charge is 2.42. The molecule has 1 aliphatic heterocycles. The molecule has 3 aromatic carbocycles. The normalized spacial score (nSPS) is 17.0. The third kappa shape index (κ3) is 3.66. The lowest BCUT2D eigenvalue weighted by Gasteiger charge is -2.44. The van der Waals surface area contributed by atoms with Crippen LogP contribution in [0.15, 0.2) is 71.5 Å². The van der Waals surface area contributed by atoms with Gasteiger partial charge in [-0.3, -0.25) is 4.67 Å². The molecule has 1 aliphatic rings. The van der Waals surface area contributed by atoms with Crippen molar-refractivity contribution in [2.45, 2.75) is 59.2 Å². The summed E-state index contributed by atoms with van der Waals surface area (Å²) in [5.74, 6) is 0. The molecule has 4 heteroatoms. The third-order valence-corrected chi connectivity index (χ3v) is 11.8. The molecule has 0 unspecified atom stereocenters. The van der Waals surface area contributed by atoms with Crippen molar-refractivity contribution in [3.8, 4) is 0 Å². The molecule has 1 atom stereocenters. The van der Waals surface area contributed by atoms with Crippen LogP contribution in [0.2, 0.25) is 0 Å². The van der Waals surface area contributed by atoms with Crippen LogP contribution in [-0.4, -0.2) is 27.5 Å². The lowest BCUT2D eigenvalue weighted by molar-refractivity contribution is 0.538. The van der Waals surface area contributed by atoms with Crippen molar-refractivity contribution < 1.29 is 0 Å². The summed E-state index contributed by atoms with van der Waals surface area (Å²) in [6, 6.07) is 24.9. The maximum Gasteiger partial charge on any atom is 0.0720 e. The Morgan fingerprint density at radius 1 is 0.848 bits per heavy atom. The van der Waals surface area contributed by atoms with Crippen LogP contribution in [0.3, 0.4) is 0 Å². The molecule has 0 bridgehead atoms. The molecule has 0 amide bonds. The Morgan fingerprint density at radius 2 is 1.52 bits per heavy atom. The van der Waals surface area contributed by atoms with E-state index in [2.05, 4.69) is 111 Å². The van der Waals surface area contributed by atoms with Gasteiger partial charge in [0.2, 0.25) is 0 Å². The minimum absolute atomic E-state index is 0.0268. The highest BCUT2D eigenvalue weighted by Crippen LogP contribution is 2.65. The van der Waals surface area contributed by atoms with Crippen LogP contribution in [0, 0.1) is 6.92 Å². The molecule has 0 radical (unpaired) electrons. The predicted octanol–water partition coefficient (Wildman–Crippen LogP) is 8.09. The van der Waals surface area contributed by atoms with Gasteiger partial charge in [0.1, 0.15) is 0 Å². The summed E-state index contributed by atoms with van der Waals surface area (Å²) < 4.78 is 10.9. The van der Waals surface area contributed by atoms with Crippen molar-refractivity contribution in [2.75, 3.05) is 13.1 Å². The van der Waals surface area contributed by atoms with Gasteiger partial charge in [0.05, 0.1) is 12.9 Å². The van der Waals surface area contributed by atoms with Crippen LogP contribution in [0.25, 0.3) is 21.8 Å². The molecule has 1 aromatic heterocycles. The first-order chi connectivity index (χ1) is 15.8. The minimum Gasteiger partial charge on any atom is -0.341 e. The summed E-state index contributed by atoms with van der Waals surface area (Å²) in [6.45, 7) is 14.8. The van der Waals surface area contributed by atoms with Crippen molar-refractivity contribution in [1.82, 2.24) is 9.24 Å². The van der Waals surface area contributed by atoms with E-state index in [9.17, 15) is 0 Å². The predicted molar refractivity (Wildman–Crippen MR) is 145 cm³/mol. The molecule has 33 heavy (non-hydrogen) atoms. The van der Waals surface area contributed by atoms with Crippen LogP contribution in [0.4, 0.5) is 5.69 Å². The fraction of sp³-hybridized carbons (Fsp3) is 0.379. The average Bonchev–Trinajstić information content (AvgIpc) is 3.44. The van der Waals surface area contributed by atoms with Crippen LogP contribution in [-0.2, 0) is 6.54 Å². The van der Waals surface area contributed by atoms with E-state index in [4.69, 9.17) is 4.74 Å². The first-order valence-electron chi connectivity index (χ1n) is 12.3. The molecular weight excluding hydrogens is 421 g/mol. The Balaban J connectivity index is 1.85. The number of fused-ring (bicyclic) bond motifs is 3. The fourth-order valence-electron chi connectivity index (χ4n) is 5.59.